The molecule has 0 aliphatic heterocycles. The number of anilines is 1. The molecule has 1 aromatic heterocycles. The van der Waals surface area contributed by atoms with Crippen molar-refractivity contribution in [1.29, 1.82) is 0 Å². The molecule has 15 heavy (non-hydrogen) atoms. The van der Waals surface area contributed by atoms with Crippen molar-refractivity contribution >= 4 is 34.0 Å². The van der Waals surface area contributed by atoms with E-state index < -0.39 is 0 Å². The van der Waals surface area contributed by atoms with Gasteiger partial charge in [-0.05, 0) is 6.42 Å². The van der Waals surface area contributed by atoms with Gasteiger partial charge in [-0.1, -0.05) is 18.3 Å². The van der Waals surface area contributed by atoms with Crippen LogP contribution in [0.15, 0.2) is 0 Å². The molecule has 84 valence electrons. The van der Waals surface area contributed by atoms with E-state index in [-0.39, 0.29) is 11.8 Å². The number of thiazole rings is 1. The number of hydrogen-bond acceptors (Lipinski definition) is 5. The first-order valence-corrected chi connectivity index (χ1v) is 5.95. The number of carbonyl (C=O) groups excluding carboxylic acids is 1. The summed E-state index contributed by atoms with van der Waals surface area (Å²) >= 11 is 6.96. The van der Waals surface area contributed by atoms with Crippen molar-refractivity contribution in [1.82, 2.24) is 4.98 Å². The lowest BCUT2D eigenvalue weighted by Crippen LogP contribution is -2.01. The summed E-state index contributed by atoms with van der Waals surface area (Å²) in [6.07, 6.45) is 1.00. The summed E-state index contributed by atoms with van der Waals surface area (Å²) in [5.74, 6) is -0.165. The van der Waals surface area contributed by atoms with Gasteiger partial charge in [0, 0.05) is 6.54 Å². The zero-order valence-corrected chi connectivity index (χ0v) is 10.2. The molecule has 0 radical (unpaired) electrons. The summed E-state index contributed by atoms with van der Waals surface area (Å²) < 4.78 is 4.64. The Morgan fingerprint density at radius 2 is 2.40 bits per heavy atom. The number of carbonyl (C=O) groups is 1. The van der Waals surface area contributed by atoms with Crippen LogP contribution in [0, 0.1) is 0 Å². The quantitative estimate of drug-likeness (QED) is 0.643. The van der Waals surface area contributed by atoms with Crippen LogP contribution in [0.5, 0.6) is 0 Å². The maximum Gasteiger partial charge on any atom is 0.350 e. The summed E-state index contributed by atoms with van der Waals surface area (Å²) in [4.78, 5) is 16.0. The van der Waals surface area contributed by atoms with Gasteiger partial charge in [0.15, 0.2) is 5.13 Å². The van der Waals surface area contributed by atoms with Crippen LogP contribution < -0.4 is 5.32 Å². The maximum absolute atomic E-state index is 11.3. The number of esters is 1. The van der Waals surface area contributed by atoms with E-state index in [1.54, 1.807) is 0 Å². The number of alkyl halides is 1. The van der Waals surface area contributed by atoms with Gasteiger partial charge >= 0.3 is 5.97 Å². The predicted octanol–water partition coefficient (Wildman–Crippen LogP) is 2.49. The van der Waals surface area contributed by atoms with Crippen molar-refractivity contribution in [3.05, 3.63) is 10.6 Å². The lowest BCUT2D eigenvalue weighted by molar-refractivity contribution is 0.0605. The third-order valence-corrected chi connectivity index (χ3v) is 3.01. The van der Waals surface area contributed by atoms with E-state index in [0.717, 1.165) is 13.0 Å². The highest BCUT2D eigenvalue weighted by molar-refractivity contribution is 7.17. The number of rotatable bonds is 5. The molecule has 0 aliphatic rings. The Hall–Kier alpha value is -0.810. The summed E-state index contributed by atoms with van der Waals surface area (Å²) in [5, 5.41) is 3.83. The molecule has 0 bridgehead atoms. The predicted molar refractivity (Wildman–Crippen MR) is 61.8 cm³/mol. The monoisotopic (exact) mass is 248 g/mol. The van der Waals surface area contributed by atoms with Gasteiger partial charge in [-0.3, -0.25) is 0 Å². The van der Waals surface area contributed by atoms with Crippen molar-refractivity contribution < 1.29 is 9.53 Å². The van der Waals surface area contributed by atoms with Gasteiger partial charge in [-0.2, -0.15) is 0 Å². The van der Waals surface area contributed by atoms with Crippen LogP contribution in [0.25, 0.3) is 0 Å². The van der Waals surface area contributed by atoms with Gasteiger partial charge < -0.3 is 10.1 Å². The van der Waals surface area contributed by atoms with Crippen molar-refractivity contribution in [2.24, 2.45) is 0 Å². The minimum atomic E-state index is -0.382. The average Bonchev–Trinajstić information content (AvgIpc) is 2.68. The molecule has 1 N–H and O–H groups in total. The smallest absolute Gasteiger partial charge is 0.350 e. The van der Waals surface area contributed by atoms with Crippen LogP contribution in [0.2, 0.25) is 0 Å². The van der Waals surface area contributed by atoms with Gasteiger partial charge in [-0.15, -0.1) is 11.6 Å². The van der Waals surface area contributed by atoms with Gasteiger partial charge in [0.2, 0.25) is 0 Å². The van der Waals surface area contributed by atoms with Crippen molar-refractivity contribution in [3.8, 4) is 0 Å². The van der Waals surface area contributed by atoms with E-state index in [9.17, 15) is 4.79 Å². The third kappa shape index (κ3) is 3.07. The molecule has 0 saturated carbocycles. The van der Waals surface area contributed by atoms with Gasteiger partial charge in [0.1, 0.15) is 4.88 Å². The van der Waals surface area contributed by atoms with Crippen molar-refractivity contribution in [2.45, 2.75) is 19.2 Å². The minimum Gasteiger partial charge on any atom is -0.465 e. The van der Waals surface area contributed by atoms with Crippen LogP contribution in [0.1, 0.15) is 28.7 Å². The number of ether oxygens (including phenoxy) is 1. The Morgan fingerprint density at radius 3 is 2.93 bits per heavy atom. The first-order valence-electron chi connectivity index (χ1n) is 4.60. The number of nitrogens with zero attached hydrogens (tertiary/aromatic N) is 1. The van der Waals surface area contributed by atoms with E-state index in [0.29, 0.717) is 15.7 Å². The Labute approximate surface area is 97.6 Å². The lowest BCUT2D eigenvalue weighted by Gasteiger charge is -1.96. The Kier molecular flexibility index (Phi) is 4.84. The molecule has 1 heterocycles. The van der Waals surface area contributed by atoms with Crippen molar-refractivity contribution in [3.63, 3.8) is 0 Å². The van der Waals surface area contributed by atoms with Crippen LogP contribution >= 0.6 is 22.9 Å². The number of hydrogen-bond donors (Lipinski definition) is 1. The van der Waals surface area contributed by atoms with Gasteiger partial charge in [-0.25, -0.2) is 9.78 Å². The number of methoxy groups -OCH3 is 1. The number of halogens is 1. The lowest BCUT2D eigenvalue weighted by atomic mass is 10.4. The molecule has 0 aromatic carbocycles. The molecule has 1 rings (SSSR count). The molecular weight excluding hydrogens is 236 g/mol. The van der Waals surface area contributed by atoms with Crippen LogP contribution in [-0.4, -0.2) is 24.6 Å². The van der Waals surface area contributed by atoms with Gasteiger partial charge in [0.25, 0.3) is 0 Å². The van der Waals surface area contributed by atoms with Crippen LogP contribution in [0.3, 0.4) is 0 Å². The number of aromatic nitrogens is 1. The molecule has 0 atom stereocenters. The standard InChI is InChI=1S/C9H13ClN2O2S/c1-3-4-11-9-12-6(5-10)7(15-9)8(13)14-2/h3-5H2,1-2H3,(H,11,12). The summed E-state index contributed by atoms with van der Waals surface area (Å²) in [6.45, 7) is 2.89. The fourth-order valence-corrected chi connectivity index (χ4v) is 2.20. The molecule has 0 fully saturated rings. The normalized spacial score (nSPS) is 10.1. The zero-order chi connectivity index (χ0) is 11.3. The highest BCUT2D eigenvalue weighted by Crippen LogP contribution is 2.24. The second kappa shape index (κ2) is 5.92. The Morgan fingerprint density at radius 1 is 1.67 bits per heavy atom. The molecule has 0 saturated heterocycles. The zero-order valence-electron chi connectivity index (χ0n) is 8.67. The fourth-order valence-electron chi connectivity index (χ4n) is 1.00. The highest BCUT2D eigenvalue weighted by atomic mass is 35.5. The molecule has 0 unspecified atom stereocenters. The number of nitrogens with one attached hydrogen (secondary N) is 1. The van der Waals surface area contributed by atoms with E-state index in [1.165, 1.54) is 18.4 Å². The molecule has 0 spiro atoms. The third-order valence-electron chi connectivity index (χ3n) is 1.72. The van der Waals surface area contributed by atoms with E-state index in [1.807, 2.05) is 0 Å². The first-order chi connectivity index (χ1) is 7.22. The largest absolute Gasteiger partial charge is 0.465 e. The SMILES string of the molecule is CCCNc1nc(CCl)c(C(=O)OC)s1. The summed E-state index contributed by atoms with van der Waals surface area (Å²) in [6, 6.07) is 0. The van der Waals surface area contributed by atoms with Crippen LogP contribution in [0.4, 0.5) is 5.13 Å². The van der Waals surface area contributed by atoms with E-state index >= 15 is 0 Å². The molecular formula is C9H13ClN2O2S. The summed E-state index contributed by atoms with van der Waals surface area (Å²) in [7, 11) is 1.35. The average molecular weight is 249 g/mol. The Balaban J connectivity index is 2.85. The van der Waals surface area contributed by atoms with E-state index in [2.05, 4.69) is 22.0 Å². The Bertz CT molecular complexity index is 341. The van der Waals surface area contributed by atoms with Crippen LogP contribution in [-0.2, 0) is 10.6 Å². The molecule has 6 heteroatoms. The van der Waals surface area contributed by atoms with E-state index in [4.69, 9.17) is 11.6 Å². The first kappa shape index (κ1) is 12.3. The molecule has 4 nitrogen and oxygen atoms in total. The van der Waals surface area contributed by atoms with Gasteiger partial charge in [0.05, 0.1) is 18.7 Å². The highest BCUT2D eigenvalue weighted by Gasteiger charge is 2.17. The summed E-state index contributed by atoms with van der Waals surface area (Å²) in [5.41, 5.74) is 0.576. The topological polar surface area (TPSA) is 51.2 Å². The maximum atomic E-state index is 11.3. The minimum absolute atomic E-state index is 0.217. The fraction of sp³-hybridized carbons (Fsp3) is 0.556. The molecule has 0 amide bonds. The molecule has 1 aromatic rings. The second-order valence-electron chi connectivity index (χ2n) is 2.85. The molecule has 0 aliphatic carbocycles. The van der Waals surface area contributed by atoms with Crippen molar-refractivity contribution in [2.75, 3.05) is 19.0 Å². The second-order valence-corrected chi connectivity index (χ2v) is 4.11.